The third-order valence-corrected chi connectivity index (χ3v) is 3.82. The highest BCUT2D eigenvalue weighted by molar-refractivity contribution is 5.95. The Hall–Kier alpha value is -2.07. The maximum absolute atomic E-state index is 12.4. The second kappa shape index (κ2) is 7.80. The standard InChI is InChI=1S/C18H24N2O2/c1-14(10-11-16-8-6-12-20(16)2)19-18(21)17-9-5-4-7-15(17)13-22-3/h4-9,12,14H,10-11,13H2,1-3H3,(H,19,21). The smallest absolute Gasteiger partial charge is 0.251 e. The van der Waals surface area contributed by atoms with Crippen LogP contribution in [0.25, 0.3) is 0 Å². The Morgan fingerprint density at radius 3 is 2.73 bits per heavy atom. The first-order valence-corrected chi connectivity index (χ1v) is 7.59. The first kappa shape index (κ1) is 16.3. The van der Waals surface area contributed by atoms with E-state index >= 15 is 0 Å². The molecule has 0 aliphatic rings. The van der Waals surface area contributed by atoms with Crippen molar-refractivity contribution >= 4 is 5.91 Å². The summed E-state index contributed by atoms with van der Waals surface area (Å²) in [6.07, 6.45) is 3.90. The quantitative estimate of drug-likeness (QED) is 0.854. The topological polar surface area (TPSA) is 43.3 Å². The highest BCUT2D eigenvalue weighted by atomic mass is 16.5. The van der Waals surface area contributed by atoms with Crippen LogP contribution in [0.4, 0.5) is 0 Å². The van der Waals surface area contributed by atoms with Gasteiger partial charge in [0.05, 0.1) is 6.61 Å². The normalized spacial score (nSPS) is 12.1. The van der Waals surface area contributed by atoms with Crippen LogP contribution in [-0.2, 0) is 24.8 Å². The second-order valence-electron chi connectivity index (χ2n) is 5.61. The summed E-state index contributed by atoms with van der Waals surface area (Å²) < 4.78 is 7.26. The molecule has 0 bridgehead atoms. The Bertz CT molecular complexity index is 619. The van der Waals surface area contributed by atoms with Crippen LogP contribution in [0.3, 0.4) is 0 Å². The van der Waals surface area contributed by atoms with Crippen molar-refractivity contribution in [2.75, 3.05) is 7.11 Å². The lowest BCUT2D eigenvalue weighted by Crippen LogP contribution is -2.33. The molecule has 2 aromatic rings. The van der Waals surface area contributed by atoms with Gasteiger partial charge in [0.2, 0.25) is 0 Å². The molecule has 0 aliphatic heterocycles. The van der Waals surface area contributed by atoms with Crippen LogP contribution in [-0.4, -0.2) is 23.6 Å². The molecule has 1 N–H and O–H groups in total. The van der Waals surface area contributed by atoms with Crippen LogP contribution in [0.1, 0.15) is 35.0 Å². The molecule has 0 saturated carbocycles. The Balaban J connectivity index is 1.92. The molecule has 1 unspecified atom stereocenters. The molecular weight excluding hydrogens is 276 g/mol. The molecular formula is C18H24N2O2. The number of carbonyl (C=O) groups is 1. The van der Waals surface area contributed by atoms with Gasteiger partial charge in [0.25, 0.3) is 5.91 Å². The molecule has 0 saturated heterocycles. The molecule has 1 aromatic carbocycles. The summed E-state index contributed by atoms with van der Waals surface area (Å²) in [5.74, 6) is -0.0352. The highest BCUT2D eigenvalue weighted by Gasteiger charge is 2.13. The van der Waals surface area contributed by atoms with E-state index < -0.39 is 0 Å². The van der Waals surface area contributed by atoms with Crippen LogP contribution in [0, 0.1) is 0 Å². The van der Waals surface area contributed by atoms with Gasteiger partial charge in [-0.05, 0) is 43.5 Å². The molecule has 1 heterocycles. The van der Waals surface area contributed by atoms with Crippen LogP contribution in [0.15, 0.2) is 42.6 Å². The van der Waals surface area contributed by atoms with E-state index in [0.717, 1.165) is 18.4 Å². The number of benzene rings is 1. The maximum atomic E-state index is 12.4. The van der Waals surface area contributed by atoms with Crippen LogP contribution in [0.2, 0.25) is 0 Å². The van der Waals surface area contributed by atoms with Gasteiger partial charge in [-0.25, -0.2) is 0 Å². The fourth-order valence-electron chi connectivity index (χ4n) is 2.52. The zero-order valence-corrected chi connectivity index (χ0v) is 13.5. The zero-order valence-electron chi connectivity index (χ0n) is 13.5. The first-order valence-electron chi connectivity index (χ1n) is 7.59. The second-order valence-corrected chi connectivity index (χ2v) is 5.61. The Kier molecular flexibility index (Phi) is 5.78. The highest BCUT2D eigenvalue weighted by Crippen LogP contribution is 2.11. The SMILES string of the molecule is COCc1ccccc1C(=O)NC(C)CCc1cccn1C. The summed E-state index contributed by atoms with van der Waals surface area (Å²) >= 11 is 0. The molecule has 0 aliphatic carbocycles. The lowest BCUT2D eigenvalue weighted by molar-refractivity contribution is 0.0933. The minimum absolute atomic E-state index is 0.0352. The molecule has 0 radical (unpaired) electrons. The molecule has 1 amide bonds. The fraction of sp³-hybridized carbons (Fsp3) is 0.389. The minimum atomic E-state index is -0.0352. The molecule has 0 fully saturated rings. The number of aryl methyl sites for hydroxylation is 2. The number of nitrogens with zero attached hydrogens (tertiary/aromatic N) is 1. The van der Waals surface area contributed by atoms with Gasteiger partial charge >= 0.3 is 0 Å². The predicted molar refractivity (Wildman–Crippen MR) is 87.8 cm³/mol. The van der Waals surface area contributed by atoms with Crippen molar-refractivity contribution in [3.05, 3.63) is 59.4 Å². The molecule has 22 heavy (non-hydrogen) atoms. The fourth-order valence-corrected chi connectivity index (χ4v) is 2.52. The molecule has 2 rings (SSSR count). The summed E-state index contributed by atoms with van der Waals surface area (Å²) in [6, 6.07) is 11.8. The number of ether oxygens (including phenoxy) is 1. The number of rotatable bonds is 7. The van der Waals surface area contributed by atoms with Gasteiger partial charge in [0.1, 0.15) is 0 Å². The average molecular weight is 300 g/mol. The first-order chi connectivity index (χ1) is 10.6. The van der Waals surface area contributed by atoms with Gasteiger partial charge < -0.3 is 14.6 Å². The molecule has 4 heteroatoms. The number of hydrogen-bond acceptors (Lipinski definition) is 2. The van der Waals surface area contributed by atoms with Gasteiger partial charge in [-0.15, -0.1) is 0 Å². The molecule has 1 atom stereocenters. The van der Waals surface area contributed by atoms with Crippen molar-refractivity contribution < 1.29 is 9.53 Å². The average Bonchev–Trinajstić information content (AvgIpc) is 2.91. The van der Waals surface area contributed by atoms with Crippen molar-refractivity contribution in [3.63, 3.8) is 0 Å². The number of methoxy groups -OCH3 is 1. The van der Waals surface area contributed by atoms with E-state index in [-0.39, 0.29) is 11.9 Å². The van der Waals surface area contributed by atoms with E-state index in [1.54, 1.807) is 7.11 Å². The summed E-state index contributed by atoms with van der Waals surface area (Å²) in [7, 11) is 3.68. The zero-order chi connectivity index (χ0) is 15.9. The van der Waals surface area contributed by atoms with Gasteiger partial charge in [-0.2, -0.15) is 0 Å². The van der Waals surface area contributed by atoms with E-state index in [1.165, 1.54) is 5.69 Å². The van der Waals surface area contributed by atoms with Gasteiger partial charge in [0, 0.05) is 37.7 Å². The lowest BCUT2D eigenvalue weighted by Gasteiger charge is -2.16. The van der Waals surface area contributed by atoms with Crippen LogP contribution in [0.5, 0.6) is 0 Å². The molecule has 1 aromatic heterocycles. The number of amides is 1. The Labute approximate surface area is 132 Å². The number of carbonyl (C=O) groups excluding carboxylic acids is 1. The summed E-state index contributed by atoms with van der Waals surface area (Å²) in [6.45, 7) is 2.49. The van der Waals surface area contributed by atoms with Crippen LogP contribution < -0.4 is 5.32 Å². The predicted octanol–water partition coefficient (Wildman–Crippen LogP) is 2.92. The Morgan fingerprint density at radius 1 is 1.27 bits per heavy atom. The van der Waals surface area contributed by atoms with Gasteiger partial charge in [0.15, 0.2) is 0 Å². The minimum Gasteiger partial charge on any atom is -0.380 e. The maximum Gasteiger partial charge on any atom is 0.251 e. The van der Waals surface area contributed by atoms with E-state index in [9.17, 15) is 4.79 Å². The van der Waals surface area contributed by atoms with E-state index in [0.29, 0.717) is 12.2 Å². The van der Waals surface area contributed by atoms with E-state index in [1.807, 2.05) is 50.5 Å². The molecule has 0 spiro atoms. The number of aromatic nitrogens is 1. The van der Waals surface area contributed by atoms with E-state index in [2.05, 4.69) is 16.0 Å². The summed E-state index contributed by atoms with van der Waals surface area (Å²) in [5, 5.41) is 3.07. The molecule has 4 nitrogen and oxygen atoms in total. The Morgan fingerprint density at radius 2 is 2.05 bits per heavy atom. The van der Waals surface area contributed by atoms with Crippen molar-refractivity contribution in [1.82, 2.24) is 9.88 Å². The monoisotopic (exact) mass is 300 g/mol. The van der Waals surface area contributed by atoms with E-state index in [4.69, 9.17) is 4.74 Å². The van der Waals surface area contributed by atoms with Crippen molar-refractivity contribution in [2.45, 2.75) is 32.4 Å². The lowest BCUT2D eigenvalue weighted by atomic mass is 10.1. The van der Waals surface area contributed by atoms with Gasteiger partial charge in [-0.3, -0.25) is 4.79 Å². The summed E-state index contributed by atoms with van der Waals surface area (Å²) in [5.41, 5.74) is 2.88. The number of hydrogen-bond donors (Lipinski definition) is 1. The van der Waals surface area contributed by atoms with Crippen LogP contribution >= 0.6 is 0 Å². The third kappa shape index (κ3) is 4.21. The van der Waals surface area contributed by atoms with Crippen molar-refractivity contribution in [2.24, 2.45) is 7.05 Å². The van der Waals surface area contributed by atoms with Crippen molar-refractivity contribution in [1.29, 1.82) is 0 Å². The molecule has 118 valence electrons. The third-order valence-electron chi connectivity index (χ3n) is 3.82. The largest absolute Gasteiger partial charge is 0.380 e. The summed E-state index contributed by atoms with van der Waals surface area (Å²) in [4.78, 5) is 12.4. The van der Waals surface area contributed by atoms with Gasteiger partial charge in [-0.1, -0.05) is 18.2 Å². The van der Waals surface area contributed by atoms with Crippen molar-refractivity contribution in [3.8, 4) is 0 Å². The number of nitrogens with one attached hydrogen (secondary N) is 1.